The second-order valence-corrected chi connectivity index (χ2v) is 8.27. The van der Waals surface area contributed by atoms with E-state index in [1.165, 1.54) is 19.3 Å². The van der Waals surface area contributed by atoms with E-state index in [2.05, 4.69) is 41.5 Å². The van der Waals surface area contributed by atoms with Gasteiger partial charge in [-0.2, -0.15) is 0 Å². The van der Waals surface area contributed by atoms with Gasteiger partial charge in [0.1, 0.15) is 0 Å². The Labute approximate surface area is 102 Å². The Balaban J connectivity index is 2.62. The van der Waals surface area contributed by atoms with E-state index in [0.29, 0.717) is 16.2 Å². The molecule has 0 amide bonds. The first kappa shape index (κ1) is 14.0. The largest absolute Gasteiger partial charge is 0.393 e. The number of aliphatic hydroxyl groups excluding tert-OH is 1. The van der Waals surface area contributed by atoms with Crippen LogP contribution in [0.15, 0.2) is 0 Å². The molecule has 16 heavy (non-hydrogen) atoms. The number of hydrogen-bond acceptors (Lipinski definition) is 1. The Morgan fingerprint density at radius 3 is 2.12 bits per heavy atom. The van der Waals surface area contributed by atoms with Crippen molar-refractivity contribution in [2.24, 2.45) is 16.2 Å². The fourth-order valence-corrected chi connectivity index (χ4v) is 3.45. The van der Waals surface area contributed by atoms with E-state index in [1.54, 1.807) is 0 Å². The lowest BCUT2D eigenvalue weighted by molar-refractivity contribution is -0.0174. The van der Waals surface area contributed by atoms with Crippen molar-refractivity contribution < 1.29 is 5.11 Å². The molecule has 1 rings (SSSR count). The van der Waals surface area contributed by atoms with Crippen LogP contribution < -0.4 is 0 Å². The van der Waals surface area contributed by atoms with Crippen molar-refractivity contribution in [2.45, 2.75) is 79.8 Å². The fraction of sp³-hybridized carbons (Fsp3) is 1.00. The molecule has 0 spiro atoms. The van der Waals surface area contributed by atoms with Gasteiger partial charge in [-0.25, -0.2) is 0 Å². The lowest BCUT2D eigenvalue weighted by atomic mass is 9.61. The van der Waals surface area contributed by atoms with Crippen LogP contribution in [0.5, 0.6) is 0 Å². The fourth-order valence-electron chi connectivity index (χ4n) is 3.45. The minimum atomic E-state index is -0.0891. The van der Waals surface area contributed by atoms with Crippen molar-refractivity contribution in [3.05, 3.63) is 0 Å². The van der Waals surface area contributed by atoms with Crippen molar-refractivity contribution in [2.75, 3.05) is 0 Å². The van der Waals surface area contributed by atoms with Crippen molar-refractivity contribution in [3.63, 3.8) is 0 Å². The van der Waals surface area contributed by atoms with Crippen LogP contribution in [0, 0.1) is 16.2 Å². The summed E-state index contributed by atoms with van der Waals surface area (Å²) < 4.78 is 0. The zero-order valence-electron chi connectivity index (χ0n) is 12.1. The molecule has 96 valence electrons. The van der Waals surface area contributed by atoms with Crippen molar-refractivity contribution in [1.29, 1.82) is 0 Å². The molecule has 2 unspecified atom stereocenters. The summed E-state index contributed by atoms with van der Waals surface area (Å²) >= 11 is 0. The average molecular weight is 226 g/mol. The molecular weight excluding hydrogens is 196 g/mol. The van der Waals surface area contributed by atoms with Gasteiger partial charge in [0.25, 0.3) is 0 Å². The van der Waals surface area contributed by atoms with E-state index in [4.69, 9.17) is 0 Å². The van der Waals surface area contributed by atoms with Crippen LogP contribution in [0.1, 0.15) is 73.6 Å². The highest BCUT2D eigenvalue weighted by Gasteiger charge is 2.40. The van der Waals surface area contributed by atoms with Gasteiger partial charge in [-0.1, -0.05) is 41.5 Å². The van der Waals surface area contributed by atoms with E-state index >= 15 is 0 Å². The molecule has 1 nitrogen and oxygen atoms in total. The molecule has 0 aromatic carbocycles. The molecule has 0 radical (unpaired) electrons. The number of rotatable bonds is 2. The van der Waals surface area contributed by atoms with Gasteiger partial charge in [0.15, 0.2) is 0 Å². The maximum Gasteiger partial charge on any atom is 0.0550 e. The van der Waals surface area contributed by atoms with Crippen LogP contribution in [-0.2, 0) is 0 Å². The smallest absolute Gasteiger partial charge is 0.0550 e. The number of aliphatic hydroxyl groups is 1. The highest BCUT2D eigenvalue weighted by molar-refractivity contribution is 4.92. The molecule has 0 aromatic heterocycles. The lowest BCUT2D eigenvalue weighted by Crippen LogP contribution is -2.38. The molecule has 0 saturated heterocycles. The summed E-state index contributed by atoms with van der Waals surface area (Å²) in [7, 11) is 0. The monoisotopic (exact) mass is 226 g/mol. The quantitative estimate of drug-likeness (QED) is 0.740. The molecule has 1 aliphatic rings. The normalized spacial score (nSPS) is 35.1. The van der Waals surface area contributed by atoms with Crippen LogP contribution in [0.25, 0.3) is 0 Å². The third-order valence-corrected chi connectivity index (χ3v) is 3.90. The van der Waals surface area contributed by atoms with Crippen LogP contribution >= 0.6 is 0 Å². The van der Waals surface area contributed by atoms with E-state index in [-0.39, 0.29) is 6.10 Å². The predicted molar refractivity (Wildman–Crippen MR) is 70.4 cm³/mol. The molecule has 1 aliphatic carbocycles. The third-order valence-electron chi connectivity index (χ3n) is 3.90. The molecular formula is C15H30O. The average Bonchev–Trinajstić information content (AvgIpc) is 1.94. The summed E-state index contributed by atoms with van der Waals surface area (Å²) in [5.41, 5.74) is 1.06. The SMILES string of the molecule is CC(C)(C)CCC1(C)CC(O)CC(C)(C)C1. The summed E-state index contributed by atoms with van der Waals surface area (Å²) in [6, 6.07) is 0. The molecule has 2 atom stereocenters. The molecule has 1 N–H and O–H groups in total. The lowest BCUT2D eigenvalue weighted by Gasteiger charge is -2.46. The minimum Gasteiger partial charge on any atom is -0.393 e. The summed E-state index contributed by atoms with van der Waals surface area (Å²) in [6.45, 7) is 13.9. The van der Waals surface area contributed by atoms with Crippen molar-refractivity contribution in [3.8, 4) is 0 Å². The van der Waals surface area contributed by atoms with Gasteiger partial charge in [0.2, 0.25) is 0 Å². The highest BCUT2D eigenvalue weighted by Crippen LogP contribution is 2.49. The first-order chi connectivity index (χ1) is 7.02. The minimum absolute atomic E-state index is 0.0891. The van der Waals surface area contributed by atoms with Gasteiger partial charge >= 0.3 is 0 Å². The predicted octanol–water partition coefficient (Wildman–Crippen LogP) is 4.39. The Kier molecular flexibility index (Phi) is 3.79. The maximum absolute atomic E-state index is 10.0. The second-order valence-electron chi connectivity index (χ2n) is 8.27. The zero-order chi connectivity index (χ0) is 12.6. The van der Waals surface area contributed by atoms with Crippen LogP contribution in [0.3, 0.4) is 0 Å². The standard InChI is InChI=1S/C15H30O/c1-13(2,3)7-8-15(6)10-12(16)9-14(4,5)11-15/h12,16H,7-11H2,1-6H3. The van der Waals surface area contributed by atoms with Crippen LogP contribution in [0.4, 0.5) is 0 Å². The zero-order valence-corrected chi connectivity index (χ0v) is 12.1. The molecule has 0 aliphatic heterocycles. The maximum atomic E-state index is 10.0. The van der Waals surface area contributed by atoms with Gasteiger partial charge in [0, 0.05) is 0 Å². The number of hydrogen-bond donors (Lipinski definition) is 1. The van der Waals surface area contributed by atoms with Crippen molar-refractivity contribution >= 4 is 0 Å². The van der Waals surface area contributed by atoms with Gasteiger partial charge in [-0.15, -0.1) is 0 Å². The summed E-state index contributed by atoms with van der Waals surface area (Å²) in [4.78, 5) is 0. The Morgan fingerprint density at radius 1 is 1.12 bits per heavy atom. The molecule has 0 heterocycles. The van der Waals surface area contributed by atoms with Crippen molar-refractivity contribution in [1.82, 2.24) is 0 Å². The Hall–Kier alpha value is -0.0400. The molecule has 1 saturated carbocycles. The third kappa shape index (κ3) is 4.45. The van der Waals surface area contributed by atoms with Gasteiger partial charge in [-0.05, 0) is 48.3 Å². The summed E-state index contributed by atoms with van der Waals surface area (Å²) in [6.07, 6.45) is 5.63. The molecule has 1 fully saturated rings. The molecule has 0 aromatic rings. The Morgan fingerprint density at radius 2 is 1.69 bits per heavy atom. The van der Waals surface area contributed by atoms with Crippen LogP contribution in [-0.4, -0.2) is 11.2 Å². The molecule has 0 bridgehead atoms. The highest BCUT2D eigenvalue weighted by atomic mass is 16.3. The van der Waals surface area contributed by atoms with E-state index in [0.717, 1.165) is 12.8 Å². The van der Waals surface area contributed by atoms with E-state index in [9.17, 15) is 5.11 Å². The Bertz CT molecular complexity index is 236. The topological polar surface area (TPSA) is 20.2 Å². The first-order valence-corrected chi connectivity index (χ1v) is 6.70. The van der Waals surface area contributed by atoms with E-state index < -0.39 is 0 Å². The van der Waals surface area contributed by atoms with Gasteiger partial charge in [-0.3, -0.25) is 0 Å². The van der Waals surface area contributed by atoms with Gasteiger partial charge in [0.05, 0.1) is 6.10 Å². The van der Waals surface area contributed by atoms with Crippen LogP contribution in [0.2, 0.25) is 0 Å². The van der Waals surface area contributed by atoms with Gasteiger partial charge < -0.3 is 5.11 Å². The van der Waals surface area contributed by atoms with E-state index in [1.807, 2.05) is 0 Å². The summed E-state index contributed by atoms with van der Waals surface area (Å²) in [5, 5.41) is 10.0. The first-order valence-electron chi connectivity index (χ1n) is 6.70. The molecule has 1 heteroatoms. The summed E-state index contributed by atoms with van der Waals surface area (Å²) in [5.74, 6) is 0. The second kappa shape index (κ2) is 4.33.